The molecule has 1 aliphatic heterocycles. The number of hydrogen-bond acceptors (Lipinski definition) is 10. The summed E-state index contributed by atoms with van der Waals surface area (Å²) < 4.78 is 18.2. The largest absolute Gasteiger partial charge is 0.443 e. The Balaban J connectivity index is 1.35. The summed E-state index contributed by atoms with van der Waals surface area (Å²) >= 11 is 6.03. The summed E-state index contributed by atoms with van der Waals surface area (Å²) in [6.45, 7) is 11.1. The maximum Gasteiger partial charge on any atom is 0.435 e. The Morgan fingerprint density at radius 2 is 1.61 bits per heavy atom. The molecule has 2 amide bonds. The first-order valence-corrected chi connectivity index (χ1v) is 16.4. The van der Waals surface area contributed by atoms with E-state index in [9.17, 15) is 14.4 Å². The number of rotatable bonds is 6. The zero-order valence-electron chi connectivity index (χ0n) is 28.9. The fraction of sp³-hybridized carbons (Fsp3) is 0.270. The van der Waals surface area contributed by atoms with Gasteiger partial charge in [0.1, 0.15) is 11.2 Å². The van der Waals surface area contributed by atoms with Gasteiger partial charge in [-0.15, -0.1) is 0 Å². The Bertz CT molecular complexity index is 2120. The molecule has 5 aromatic rings. The number of amides is 2. The van der Waals surface area contributed by atoms with Crippen LogP contribution < -0.4 is 10.2 Å². The minimum absolute atomic E-state index is 0.190. The Hall–Kier alpha value is -5.66. The van der Waals surface area contributed by atoms with Gasteiger partial charge in [-0.05, 0) is 77.4 Å². The number of fused-ring (bicyclic) bond motifs is 1. The summed E-state index contributed by atoms with van der Waals surface area (Å²) in [6, 6.07) is 15.7. The molecule has 0 radical (unpaired) electrons. The predicted molar refractivity (Wildman–Crippen MR) is 191 cm³/mol. The van der Waals surface area contributed by atoms with Crippen molar-refractivity contribution in [2.24, 2.45) is 0 Å². The molecule has 14 heteroatoms. The molecule has 0 saturated carbocycles. The van der Waals surface area contributed by atoms with E-state index in [1.807, 2.05) is 18.2 Å². The van der Waals surface area contributed by atoms with E-state index < -0.39 is 23.4 Å². The fourth-order valence-electron chi connectivity index (χ4n) is 5.13. The molecule has 4 heterocycles. The van der Waals surface area contributed by atoms with Gasteiger partial charge in [0, 0.05) is 41.0 Å². The standard InChI is InChI=1S/C37H36ClN7O6/c1-36(2,3)50-34(47)44-19-25(17-40-44)22-10-12-28(13-11-22)45(35(48)51-37(4,5)6)32-29-20-49-21-30(29)42-31(43-32)23-8-7-9-27(15-23)41-33(46)24-14-26(38)18-39-16-24/h7-19H,20-21H2,1-6H3,(H,41,46). The number of aromatic nitrogens is 5. The second-order valence-corrected chi connectivity index (χ2v) is 14.2. The maximum absolute atomic E-state index is 14.0. The molecule has 0 aliphatic carbocycles. The summed E-state index contributed by atoms with van der Waals surface area (Å²) in [5, 5.41) is 7.37. The van der Waals surface area contributed by atoms with Gasteiger partial charge in [-0.1, -0.05) is 35.9 Å². The van der Waals surface area contributed by atoms with Crippen LogP contribution in [-0.2, 0) is 27.4 Å². The molecule has 0 fully saturated rings. The van der Waals surface area contributed by atoms with Gasteiger partial charge in [0.25, 0.3) is 5.91 Å². The highest BCUT2D eigenvalue weighted by molar-refractivity contribution is 6.30. The molecule has 0 unspecified atom stereocenters. The van der Waals surface area contributed by atoms with Gasteiger partial charge < -0.3 is 19.5 Å². The molecule has 262 valence electrons. The lowest BCUT2D eigenvalue weighted by molar-refractivity contribution is 0.0513. The van der Waals surface area contributed by atoms with Gasteiger partial charge >= 0.3 is 12.2 Å². The first-order chi connectivity index (χ1) is 24.1. The van der Waals surface area contributed by atoms with E-state index in [2.05, 4.69) is 15.4 Å². The molecule has 3 aromatic heterocycles. The number of nitrogens with zero attached hydrogens (tertiary/aromatic N) is 6. The summed E-state index contributed by atoms with van der Waals surface area (Å²) in [7, 11) is 0. The molecular formula is C37H36ClN7O6. The maximum atomic E-state index is 14.0. The van der Waals surface area contributed by atoms with Crippen LogP contribution in [0.2, 0.25) is 5.02 Å². The summed E-state index contributed by atoms with van der Waals surface area (Å²) in [5.41, 5.74) is 3.07. The van der Waals surface area contributed by atoms with E-state index >= 15 is 0 Å². The molecule has 1 aliphatic rings. The lowest BCUT2D eigenvalue weighted by Gasteiger charge is -2.28. The predicted octanol–water partition coefficient (Wildman–Crippen LogP) is 8.19. The number of nitrogens with one attached hydrogen (secondary N) is 1. The average molecular weight is 710 g/mol. The number of halogens is 1. The second kappa shape index (κ2) is 13.9. The van der Waals surface area contributed by atoms with Crippen LogP contribution in [0.25, 0.3) is 22.5 Å². The summed E-state index contributed by atoms with van der Waals surface area (Å²) in [6.07, 6.45) is 4.78. The molecule has 0 atom stereocenters. The van der Waals surface area contributed by atoms with Crippen molar-refractivity contribution in [1.82, 2.24) is 24.7 Å². The van der Waals surface area contributed by atoms with Gasteiger partial charge in [0.2, 0.25) is 0 Å². The van der Waals surface area contributed by atoms with Gasteiger partial charge in [-0.3, -0.25) is 9.78 Å². The van der Waals surface area contributed by atoms with E-state index in [1.54, 1.807) is 84.3 Å². The first-order valence-electron chi connectivity index (χ1n) is 16.0. The van der Waals surface area contributed by atoms with Crippen molar-refractivity contribution >= 4 is 46.9 Å². The first kappa shape index (κ1) is 35.2. The highest BCUT2D eigenvalue weighted by atomic mass is 35.5. The van der Waals surface area contributed by atoms with Crippen LogP contribution in [0, 0.1) is 0 Å². The number of ether oxygens (including phenoxy) is 3. The average Bonchev–Trinajstić information content (AvgIpc) is 3.75. The summed E-state index contributed by atoms with van der Waals surface area (Å²) in [4.78, 5) is 54.5. The van der Waals surface area contributed by atoms with Crippen LogP contribution in [-0.4, -0.2) is 54.0 Å². The van der Waals surface area contributed by atoms with Gasteiger partial charge in [0.15, 0.2) is 11.6 Å². The van der Waals surface area contributed by atoms with Crippen LogP contribution in [0.5, 0.6) is 0 Å². The third-order valence-corrected chi connectivity index (χ3v) is 7.52. The Labute approximate surface area is 299 Å². The number of pyridine rings is 1. The molecule has 0 bridgehead atoms. The molecule has 51 heavy (non-hydrogen) atoms. The molecule has 0 spiro atoms. The minimum atomic E-state index is -0.813. The summed E-state index contributed by atoms with van der Waals surface area (Å²) in [5.74, 6) is 0.226. The third kappa shape index (κ3) is 8.39. The highest BCUT2D eigenvalue weighted by Crippen LogP contribution is 2.36. The van der Waals surface area contributed by atoms with Crippen molar-refractivity contribution in [1.29, 1.82) is 0 Å². The van der Waals surface area contributed by atoms with E-state index in [0.29, 0.717) is 56.0 Å². The molecule has 2 aromatic carbocycles. The van der Waals surface area contributed by atoms with Crippen molar-refractivity contribution in [3.8, 4) is 22.5 Å². The lowest BCUT2D eigenvalue weighted by Crippen LogP contribution is -2.35. The Morgan fingerprint density at radius 3 is 2.31 bits per heavy atom. The van der Waals surface area contributed by atoms with Crippen molar-refractivity contribution in [3.63, 3.8) is 0 Å². The van der Waals surface area contributed by atoms with Crippen LogP contribution in [0.15, 0.2) is 79.4 Å². The highest BCUT2D eigenvalue weighted by Gasteiger charge is 2.32. The second-order valence-electron chi connectivity index (χ2n) is 13.7. The monoisotopic (exact) mass is 709 g/mol. The smallest absolute Gasteiger partial charge is 0.435 e. The molecule has 6 rings (SSSR count). The molecule has 1 N–H and O–H groups in total. The molecule has 13 nitrogen and oxygen atoms in total. The number of carbonyl (C=O) groups is 3. The van der Waals surface area contributed by atoms with E-state index in [-0.39, 0.29) is 19.1 Å². The van der Waals surface area contributed by atoms with Gasteiger partial charge in [0.05, 0.1) is 41.4 Å². The fourth-order valence-corrected chi connectivity index (χ4v) is 5.30. The zero-order chi connectivity index (χ0) is 36.5. The van der Waals surface area contributed by atoms with Crippen LogP contribution in [0.3, 0.4) is 0 Å². The van der Waals surface area contributed by atoms with Crippen LogP contribution in [0.1, 0.15) is 63.2 Å². The number of anilines is 3. The van der Waals surface area contributed by atoms with Crippen LogP contribution >= 0.6 is 11.6 Å². The SMILES string of the molecule is CC(C)(C)OC(=O)N(c1ccc(-c2cnn(C(=O)OC(C)(C)C)c2)cc1)c1nc(-c2cccc(NC(=O)c3cncc(Cl)c3)c2)nc2c1COC2. The van der Waals surface area contributed by atoms with Crippen molar-refractivity contribution < 1.29 is 28.6 Å². The van der Waals surface area contributed by atoms with Crippen molar-refractivity contribution in [2.45, 2.75) is 66.0 Å². The number of carbonyl (C=O) groups excluding carboxylic acids is 3. The Morgan fingerprint density at radius 1 is 0.863 bits per heavy atom. The molecule has 0 saturated heterocycles. The normalized spacial score (nSPS) is 12.6. The zero-order valence-corrected chi connectivity index (χ0v) is 29.7. The number of benzene rings is 2. The Kier molecular flexibility index (Phi) is 9.60. The lowest BCUT2D eigenvalue weighted by atomic mass is 10.1. The minimum Gasteiger partial charge on any atom is -0.443 e. The van der Waals surface area contributed by atoms with Gasteiger partial charge in [-0.25, -0.2) is 24.5 Å². The van der Waals surface area contributed by atoms with Crippen LogP contribution in [0.4, 0.5) is 26.8 Å². The van der Waals surface area contributed by atoms with E-state index in [0.717, 1.165) is 10.2 Å². The molecular weight excluding hydrogens is 674 g/mol. The van der Waals surface area contributed by atoms with Gasteiger partial charge in [-0.2, -0.15) is 9.78 Å². The van der Waals surface area contributed by atoms with E-state index in [1.165, 1.54) is 23.4 Å². The quantitative estimate of drug-likeness (QED) is 0.183. The van der Waals surface area contributed by atoms with Crippen molar-refractivity contribution in [3.05, 3.63) is 101 Å². The van der Waals surface area contributed by atoms with E-state index in [4.69, 9.17) is 35.8 Å². The topological polar surface area (TPSA) is 151 Å². The number of hydrogen-bond donors (Lipinski definition) is 1. The third-order valence-electron chi connectivity index (χ3n) is 7.31. The van der Waals surface area contributed by atoms with Crippen molar-refractivity contribution in [2.75, 3.05) is 10.2 Å².